The third-order valence-corrected chi connectivity index (χ3v) is 2.33. The molecule has 0 bridgehead atoms. The van der Waals surface area contributed by atoms with Gasteiger partial charge in [-0.15, -0.1) is 0 Å². The lowest BCUT2D eigenvalue weighted by Crippen LogP contribution is -2.29. The molecule has 2 N–H and O–H groups in total. The van der Waals surface area contributed by atoms with E-state index in [0.29, 0.717) is 0 Å². The molecule has 0 aliphatic rings. The second-order valence-corrected chi connectivity index (χ2v) is 4.04. The maximum Gasteiger partial charge on any atom is 0.389 e. The summed E-state index contributed by atoms with van der Waals surface area (Å²) < 4.78 is 61.9. The van der Waals surface area contributed by atoms with E-state index in [1.54, 1.807) is 0 Å². The fourth-order valence-corrected chi connectivity index (χ4v) is 1.42. The average molecular weight is 296 g/mol. The first-order valence-corrected chi connectivity index (χ1v) is 5.81. The first kappa shape index (κ1) is 16.4. The summed E-state index contributed by atoms with van der Waals surface area (Å²) in [5, 5.41) is 4.47. The second kappa shape index (κ2) is 7.18. The molecule has 0 unspecified atom stereocenters. The quantitative estimate of drug-likeness (QED) is 0.626. The summed E-state index contributed by atoms with van der Waals surface area (Å²) in [5.41, 5.74) is -0.574. The van der Waals surface area contributed by atoms with Crippen LogP contribution in [0.4, 0.5) is 27.6 Å². The van der Waals surface area contributed by atoms with Crippen molar-refractivity contribution in [2.75, 3.05) is 18.4 Å². The highest BCUT2D eigenvalue weighted by Gasteiger charge is 2.25. The molecular formula is C12H13F5N2O. The van der Waals surface area contributed by atoms with Crippen LogP contribution in [0.15, 0.2) is 18.2 Å². The molecule has 0 fully saturated rings. The van der Waals surface area contributed by atoms with E-state index in [2.05, 4.69) is 5.32 Å². The number of rotatable bonds is 6. The smallest absolute Gasteiger partial charge is 0.320 e. The number of hydrogen-bond acceptors (Lipinski definition) is 2. The highest BCUT2D eigenvalue weighted by atomic mass is 19.4. The van der Waals surface area contributed by atoms with Crippen molar-refractivity contribution >= 4 is 11.6 Å². The first-order chi connectivity index (χ1) is 9.29. The normalized spacial score (nSPS) is 11.4. The molecule has 0 radical (unpaired) electrons. The van der Waals surface area contributed by atoms with E-state index in [1.807, 2.05) is 5.32 Å². The van der Waals surface area contributed by atoms with Crippen molar-refractivity contribution in [2.45, 2.75) is 19.0 Å². The second-order valence-electron chi connectivity index (χ2n) is 4.04. The fourth-order valence-electron chi connectivity index (χ4n) is 1.42. The molecule has 0 heterocycles. The van der Waals surface area contributed by atoms with Gasteiger partial charge in [0.05, 0.1) is 6.54 Å². The van der Waals surface area contributed by atoms with Crippen molar-refractivity contribution in [2.24, 2.45) is 0 Å². The van der Waals surface area contributed by atoms with Crippen LogP contribution >= 0.6 is 0 Å². The van der Waals surface area contributed by atoms with Crippen molar-refractivity contribution in [3.8, 4) is 0 Å². The first-order valence-electron chi connectivity index (χ1n) is 5.81. The van der Waals surface area contributed by atoms with Crippen LogP contribution in [0.3, 0.4) is 0 Å². The number of nitrogens with one attached hydrogen (secondary N) is 2. The zero-order valence-electron chi connectivity index (χ0n) is 10.4. The molecule has 0 aliphatic carbocycles. The van der Waals surface area contributed by atoms with E-state index in [4.69, 9.17) is 0 Å². The Bertz CT molecular complexity index is 441. The minimum Gasteiger partial charge on any atom is -0.320 e. The SMILES string of the molecule is O=C(CNCCCC(F)(F)F)Nc1c(F)cccc1F. The number of halogens is 5. The predicted molar refractivity (Wildman–Crippen MR) is 63.1 cm³/mol. The lowest BCUT2D eigenvalue weighted by Gasteiger charge is -2.09. The molecule has 0 atom stereocenters. The van der Waals surface area contributed by atoms with Crippen molar-refractivity contribution in [1.82, 2.24) is 5.32 Å². The van der Waals surface area contributed by atoms with Gasteiger partial charge in [-0.1, -0.05) is 6.07 Å². The van der Waals surface area contributed by atoms with Crippen LogP contribution in [-0.2, 0) is 4.79 Å². The van der Waals surface area contributed by atoms with Gasteiger partial charge in [0.2, 0.25) is 5.91 Å². The summed E-state index contributed by atoms with van der Waals surface area (Å²) >= 11 is 0. The fraction of sp³-hybridized carbons (Fsp3) is 0.417. The summed E-state index contributed by atoms with van der Waals surface area (Å²) in [5.74, 6) is -2.58. The summed E-state index contributed by atoms with van der Waals surface area (Å²) in [4.78, 5) is 11.3. The number of alkyl halides is 3. The van der Waals surface area contributed by atoms with Crippen molar-refractivity contribution in [1.29, 1.82) is 0 Å². The number of carbonyl (C=O) groups is 1. The lowest BCUT2D eigenvalue weighted by atomic mass is 10.3. The van der Waals surface area contributed by atoms with Gasteiger partial charge in [-0.05, 0) is 25.1 Å². The highest BCUT2D eigenvalue weighted by molar-refractivity contribution is 5.92. The average Bonchev–Trinajstić information content (AvgIpc) is 2.32. The van der Waals surface area contributed by atoms with Crippen LogP contribution in [0, 0.1) is 11.6 Å². The summed E-state index contributed by atoms with van der Waals surface area (Å²) in [6.45, 7) is -0.349. The Morgan fingerprint density at radius 2 is 1.75 bits per heavy atom. The van der Waals surface area contributed by atoms with Crippen molar-refractivity contribution < 1.29 is 26.7 Å². The van der Waals surface area contributed by atoms with Crippen LogP contribution in [0.1, 0.15) is 12.8 Å². The molecule has 0 saturated carbocycles. The third-order valence-electron chi connectivity index (χ3n) is 2.33. The number of amides is 1. The Hall–Kier alpha value is -1.70. The van der Waals surface area contributed by atoms with Crippen molar-refractivity contribution in [3.63, 3.8) is 0 Å². The Morgan fingerprint density at radius 3 is 2.30 bits per heavy atom. The molecule has 20 heavy (non-hydrogen) atoms. The van der Waals surface area contributed by atoms with Gasteiger partial charge in [-0.25, -0.2) is 8.78 Å². The molecule has 3 nitrogen and oxygen atoms in total. The molecule has 0 spiro atoms. The molecule has 0 aliphatic heterocycles. The molecule has 1 amide bonds. The summed E-state index contributed by atoms with van der Waals surface area (Å²) in [7, 11) is 0. The number of hydrogen-bond donors (Lipinski definition) is 2. The lowest BCUT2D eigenvalue weighted by molar-refractivity contribution is -0.135. The van der Waals surface area contributed by atoms with Gasteiger partial charge in [0.15, 0.2) is 0 Å². The largest absolute Gasteiger partial charge is 0.389 e. The standard InChI is InChI=1S/C12H13F5N2O/c13-8-3-1-4-9(14)11(8)19-10(20)7-18-6-2-5-12(15,16)17/h1,3-4,18H,2,5-7H2,(H,19,20). The van der Waals surface area contributed by atoms with Crippen LogP contribution in [0.2, 0.25) is 0 Å². The van der Waals surface area contributed by atoms with Crippen LogP contribution in [-0.4, -0.2) is 25.2 Å². The zero-order chi connectivity index (χ0) is 15.2. The Kier molecular flexibility index (Phi) is 5.87. The van der Waals surface area contributed by atoms with Gasteiger partial charge in [0.1, 0.15) is 17.3 Å². The van der Waals surface area contributed by atoms with Crippen LogP contribution in [0.25, 0.3) is 0 Å². The highest BCUT2D eigenvalue weighted by Crippen LogP contribution is 2.20. The maximum absolute atomic E-state index is 13.2. The number of benzene rings is 1. The molecule has 112 valence electrons. The molecule has 1 rings (SSSR count). The Labute approximate surface area is 112 Å². The maximum atomic E-state index is 13.2. The molecule has 1 aromatic carbocycles. The Balaban J connectivity index is 2.31. The minimum atomic E-state index is -4.24. The van der Waals surface area contributed by atoms with Gasteiger partial charge in [-0.3, -0.25) is 4.79 Å². The molecule has 8 heteroatoms. The van der Waals surface area contributed by atoms with E-state index in [9.17, 15) is 26.7 Å². The Morgan fingerprint density at radius 1 is 1.15 bits per heavy atom. The van der Waals surface area contributed by atoms with E-state index in [-0.39, 0.29) is 19.5 Å². The van der Waals surface area contributed by atoms with Crippen LogP contribution < -0.4 is 10.6 Å². The van der Waals surface area contributed by atoms with Gasteiger partial charge >= 0.3 is 6.18 Å². The van der Waals surface area contributed by atoms with Gasteiger partial charge in [0, 0.05) is 6.42 Å². The molecular weight excluding hydrogens is 283 g/mol. The predicted octanol–water partition coefficient (Wildman–Crippen LogP) is 2.84. The third kappa shape index (κ3) is 5.96. The molecule has 0 aromatic heterocycles. The zero-order valence-corrected chi connectivity index (χ0v) is 10.4. The monoisotopic (exact) mass is 296 g/mol. The van der Waals surface area contributed by atoms with E-state index >= 15 is 0 Å². The van der Waals surface area contributed by atoms with Gasteiger partial charge < -0.3 is 10.6 Å². The van der Waals surface area contributed by atoms with E-state index < -0.39 is 35.8 Å². The van der Waals surface area contributed by atoms with Crippen LogP contribution in [0.5, 0.6) is 0 Å². The van der Waals surface area contributed by atoms with Crippen molar-refractivity contribution in [3.05, 3.63) is 29.8 Å². The number of para-hydroxylation sites is 1. The number of carbonyl (C=O) groups excluding carboxylic acids is 1. The topological polar surface area (TPSA) is 41.1 Å². The summed E-state index contributed by atoms with van der Waals surface area (Å²) in [6, 6.07) is 3.11. The number of anilines is 1. The minimum absolute atomic E-state index is 0.0211. The van der Waals surface area contributed by atoms with Gasteiger partial charge in [0.25, 0.3) is 0 Å². The molecule has 1 aromatic rings. The summed E-state index contributed by atoms with van der Waals surface area (Å²) in [6.07, 6.45) is -5.37. The van der Waals surface area contributed by atoms with E-state index in [0.717, 1.165) is 18.2 Å². The molecule has 0 saturated heterocycles. The van der Waals surface area contributed by atoms with Gasteiger partial charge in [-0.2, -0.15) is 13.2 Å². The van der Waals surface area contributed by atoms with E-state index in [1.165, 1.54) is 0 Å².